The lowest BCUT2D eigenvalue weighted by atomic mass is 9.94. The Kier molecular flexibility index (Phi) is 13.0. The molecular weight excluding hydrogens is 667 g/mol. The van der Waals surface area contributed by atoms with Gasteiger partial charge in [0, 0.05) is 23.9 Å². The molecule has 0 saturated heterocycles. The number of amides is 2. The highest BCUT2D eigenvalue weighted by Crippen LogP contribution is 2.28. The van der Waals surface area contributed by atoms with Crippen molar-refractivity contribution in [1.82, 2.24) is 10.2 Å². The molecule has 1 atom stereocenters. The highest BCUT2D eigenvalue weighted by molar-refractivity contribution is 7.98. The average molecular weight is 714 g/mol. The zero-order valence-corrected chi connectivity index (χ0v) is 30.7. The summed E-state index contributed by atoms with van der Waals surface area (Å²) < 4.78 is 35.5. The number of carbonyl (C=O) groups is 2. The number of aryl methyl sites for hydroxylation is 1. The molecule has 50 heavy (non-hydrogen) atoms. The molecule has 0 bridgehead atoms. The zero-order chi connectivity index (χ0) is 35.5. The van der Waals surface area contributed by atoms with E-state index < -0.39 is 28.5 Å². The molecular formula is C40H47N3O5S2. The second-order valence-corrected chi connectivity index (χ2v) is 15.4. The molecule has 2 amide bonds. The van der Waals surface area contributed by atoms with Gasteiger partial charge in [0.1, 0.15) is 18.3 Å². The molecule has 1 aliphatic rings. The predicted octanol–water partition coefficient (Wildman–Crippen LogP) is 7.40. The number of nitrogens with zero attached hydrogens (tertiary/aromatic N) is 2. The van der Waals surface area contributed by atoms with Gasteiger partial charge < -0.3 is 15.0 Å². The predicted molar refractivity (Wildman–Crippen MR) is 201 cm³/mol. The largest absolute Gasteiger partial charge is 0.494 e. The third kappa shape index (κ3) is 9.69. The van der Waals surface area contributed by atoms with Crippen molar-refractivity contribution in [3.05, 3.63) is 120 Å². The SMILES string of the molecule is CCOc1ccc(N(CC(=O)N(Cc2ccc(C)cc2)C(Cc2ccccc2)C(=O)NC2CCCCC2)S(=O)(=O)c2ccc(SC)cc2)cc1. The number of sulfonamides is 1. The lowest BCUT2D eigenvalue weighted by Crippen LogP contribution is -2.55. The van der Waals surface area contributed by atoms with Gasteiger partial charge in [0.2, 0.25) is 11.8 Å². The summed E-state index contributed by atoms with van der Waals surface area (Å²) >= 11 is 1.51. The summed E-state index contributed by atoms with van der Waals surface area (Å²) in [6.45, 7) is 3.96. The van der Waals surface area contributed by atoms with Crippen molar-refractivity contribution in [2.75, 3.05) is 23.7 Å². The fourth-order valence-electron chi connectivity index (χ4n) is 6.27. The van der Waals surface area contributed by atoms with Crippen molar-refractivity contribution in [1.29, 1.82) is 0 Å². The maximum atomic E-state index is 14.8. The third-order valence-electron chi connectivity index (χ3n) is 9.06. The van der Waals surface area contributed by atoms with E-state index in [2.05, 4.69) is 5.32 Å². The van der Waals surface area contributed by atoms with E-state index >= 15 is 0 Å². The molecule has 4 aromatic carbocycles. The van der Waals surface area contributed by atoms with Gasteiger partial charge in [-0.1, -0.05) is 79.4 Å². The summed E-state index contributed by atoms with van der Waals surface area (Å²) in [5.41, 5.74) is 3.14. The average Bonchev–Trinajstić information content (AvgIpc) is 3.14. The van der Waals surface area contributed by atoms with Crippen LogP contribution >= 0.6 is 11.8 Å². The first-order valence-corrected chi connectivity index (χ1v) is 19.9. The van der Waals surface area contributed by atoms with Crippen molar-refractivity contribution < 1.29 is 22.7 Å². The number of nitrogens with one attached hydrogen (secondary N) is 1. The van der Waals surface area contributed by atoms with Crippen LogP contribution in [0.3, 0.4) is 0 Å². The van der Waals surface area contributed by atoms with E-state index in [1.807, 2.05) is 74.7 Å². The maximum Gasteiger partial charge on any atom is 0.264 e. The van der Waals surface area contributed by atoms with E-state index in [0.717, 1.165) is 58.0 Å². The Morgan fingerprint density at radius 3 is 2.14 bits per heavy atom. The number of hydrogen-bond donors (Lipinski definition) is 1. The van der Waals surface area contributed by atoms with Crippen LogP contribution in [0.5, 0.6) is 5.75 Å². The Morgan fingerprint density at radius 1 is 0.860 bits per heavy atom. The molecule has 8 nitrogen and oxygen atoms in total. The smallest absolute Gasteiger partial charge is 0.264 e. The fraction of sp³-hybridized carbons (Fsp3) is 0.350. The van der Waals surface area contributed by atoms with Gasteiger partial charge >= 0.3 is 0 Å². The van der Waals surface area contributed by atoms with Gasteiger partial charge in [-0.25, -0.2) is 8.42 Å². The molecule has 1 saturated carbocycles. The minimum atomic E-state index is -4.20. The topological polar surface area (TPSA) is 96.0 Å². The summed E-state index contributed by atoms with van der Waals surface area (Å²) in [4.78, 5) is 31.6. The highest BCUT2D eigenvalue weighted by atomic mass is 32.2. The molecule has 5 rings (SSSR count). The number of carbonyl (C=O) groups excluding carboxylic acids is 2. The summed E-state index contributed by atoms with van der Waals surface area (Å²) in [6, 6.07) is 30.0. The van der Waals surface area contributed by atoms with Crippen LogP contribution in [0.4, 0.5) is 5.69 Å². The van der Waals surface area contributed by atoms with Gasteiger partial charge in [0.05, 0.1) is 17.2 Å². The molecule has 1 unspecified atom stereocenters. The van der Waals surface area contributed by atoms with Gasteiger partial charge in [-0.15, -0.1) is 11.8 Å². The first kappa shape index (κ1) is 37.0. The molecule has 4 aromatic rings. The van der Waals surface area contributed by atoms with E-state index in [-0.39, 0.29) is 29.8 Å². The quantitative estimate of drug-likeness (QED) is 0.129. The summed E-state index contributed by atoms with van der Waals surface area (Å²) in [5.74, 6) is -0.125. The van der Waals surface area contributed by atoms with Gasteiger partial charge in [0.15, 0.2) is 0 Å². The van der Waals surface area contributed by atoms with Crippen LogP contribution in [0.15, 0.2) is 113 Å². The molecule has 0 radical (unpaired) electrons. The van der Waals surface area contributed by atoms with Crippen LogP contribution in [0, 0.1) is 6.92 Å². The van der Waals surface area contributed by atoms with Crippen LogP contribution in [-0.2, 0) is 32.6 Å². The Balaban J connectivity index is 1.56. The highest BCUT2D eigenvalue weighted by Gasteiger charge is 2.35. The summed E-state index contributed by atoms with van der Waals surface area (Å²) in [6.07, 6.45) is 7.24. The summed E-state index contributed by atoms with van der Waals surface area (Å²) in [5, 5.41) is 3.26. The van der Waals surface area contributed by atoms with E-state index in [9.17, 15) is 18.0 Å². The van der Waals surface area contributed by atoms with Crippen molar-refractivity contribution in [2.45, 2.75) is 80.8 Å². The van der Waals surface area contributed by atoms with Crippen LogP contribution in [-0.4, -0.2) is 56.6 Å². The van der Waals surface area contributed by atoms with Crippen LogP contribution in [0.2, 0.25) is 0 Å². The Labute approximate surface area is 301 Å². The van der Waals surface area contributed by atoms with Gasteiger partial charge in [-0.05, 0) is 92.6 Å². The first-order chi connectivity index (χ1) is 24.2. The van der Waals surface area contributed by atoms with Crippen LogP contribution in [0.25, 0.3) is 0 Å². The minimum absolute atomic E-state index is 0.0378. The number of hydrogen-bond acceptors (Lipinski definition) is 6. The molecule has 10 heteroatoms. The maximum absolute atomic E-state index is 14.8. The monoisotopic (exact) mass is 713 g/mol. The Bertz CT molecular complexity index is 1790. The van der Waals surface area contributed by atoms with Crippen molar-refractivity contribution >= 4 is 39.3 Å². The lowest BCUT2D eigenvalue weighted by molar-refractivity contribution is -0.140. The number of rotatable bonds is 15. The number of thioether (sulfide) groups is 1. The van der Waals surface area contributed by atoms with Gasteiger partial charge in [-0.3, -0.25) is 13.9 Å². The number of anilines is 1. The molecule has 0 aliphatic heterocycles. The van der Waals surface area contributed by atoms with E-state index in [1.165, 1.54) is 11.8 Å². The second-order valence-electron chi connectivity index (χ2n) is 12.7. The number of benzene rings is 4. The Morgan fingerprint density at radius 2 is 1.52 bits per heavy atom. The van der Waals surface area contributed by atoms with Crippen LogP contribution in [0.1, 0.15) is 55.7 Å². The Hall–Kier alpha value is -4.28. The molecule has 264 valence electrons. The lowest BCUT2D eigenvalue weighted by Gasteiger charge is -2.35. The third-order valence-corrected chi connectivity index (χ3v) is 11.6. The van der Waals surface area contributed by atoms with Crippen molar-refractivity contribution in [3.8, 4) is 5.75 Å². The van der Waals surface area contributed by atoms with Gasteiger partial charge in [0.25, 0.3) is 10.0 Å². The van der Waals surface area contributed by atoms with E-state index in [1.54, 1.807) is 53.4 Å². The molecule has 1 N–H and O–H groups in total. The second kappa shape index (κ2) is 17.6. The van der Waals surface area contributed by atoms with E-state index in [4.69, 9.17) is 4.74 Å². The van der Waals surface area contributed by atoms with Crippen LogP contribution < -0.4 is 14.4 Å². The molecule has 0 heterocycles. The molecule has 0 aromatic heterocycles. The van der Waals surface area contributed by atoms with Crippen molar-refractivity contribution in [2.24, 2.45) is 0 Å². The molecule has 0 spiro atoms. The zero-order valence-electron chi connectivity index (χ0n) is 29.1. The molecule has 1 fully saturated rings. The molecule has 1 aliphatic carbocycles. The number of ether oxygens (including phenoxy) is 1. The fourth-order valence-corrected chi connectivity index (χ4v) is 8.09. The summed E-state index contributed by atoms with van der Waals surface area (Å²) in [7, 11) is -4.20. The first-order valence-electron chi connectivity index (χ1n) is 17.3. The van der Waals surface area contributed by atoms with Gasteiger partial charge in [-0.2, -0.15) is 0 Å². The standard InChI is InChI=1S/C40H47N3O5S2/c1-4-48-35-21-19-34(20-22-35)43(50(46,47)37-25-23-36(49-3)24-26-37)29-39(44)42(28-32-17-15-30(2)16-18-32)38(27-31-11-7-5-8-12-31)40(45)41-33-13-9-6-10-14-33/h5,7-8,11-12,15-26,33,38H,4,6,9-10,13-14,27-29H2,1-3H3,(H,41,45). The van der Waals surface area contributed by atoms with E-state index in [0.29, 0.717) is 18.0 Å². The normalized spacial score (nSPS) is 14.1. The minimum Gasteiger partial charge on any atom is -0.494 e. The van der Waals surface area contributed by atoms with Crippen molar-refractivity contribution in [3.63, 3.8) is 0 Å².